The first-order valence-corrected chi connectivity index (χ1v) is 7.02. The number of hydrogen-bond acceptors (Lipinski definition) is 4. The number of nitrogens with one attached hydrogen (secondary N) is 1. The normalized spacial score (nSPS) is 11.9. The molecule has 0 unspecified atom stereocenters. The number of nitrogens with zero attached hydrogens (tertiary/aromatic N) is 2. The zero-order chi connectivity index (χ0) is 13.8. The fourth-order valence-corrected chi connectivity index (χ4v) is 1.90. The second-order valence-electron chi connectivity index (χ2n) is 5.58. The Bertz CT molecular complexity index is 394. The molecular weight excluding hydrogens is 294 g/mol. The summed E-state index contributed by atoms with van der Waals surface area (Å²) in [5.41, 5.74) is 0.0458. The highest BCUT2D eigenvalue weighted by atomic mass is 79.9. The minimum Gasteiger partial charge on any atom is -0.396 e. The molecule has 0 aromatic carbocycles. The molecule has 1 aromatic rings. The number of aliphatic hydroxyl groups excluding tert-OH is 1. The molecule has 1 aromatic heterocycles. The summed E-state index contributed by atoms with van der Waals surface area (Å²) in [5, 5.41) is 12.3. The minimum absolute atomic E-state index is 0.0458. The van der Waals surface area contributed by atoms with E-state index in [-0.39, 0.29) is 12.0 Å². The number of anilines is 1. The summed E-state index contributed by atoms with van der Waals surface area (Å²) in [6.45, 7) is 9.36. The van der Waals surface area contributed by atoms with Crippen molar-refractivity contribution in [1.29, 1.82) is 0 Å². The van der Waals surface area contributed by atoms with E-state index in [4.69, 9.17) is 5.11 Å². The first-order valence-electron chi connectivity index (χ1n) is 6.23. The number of rotatable bonds is 6. The van der Waals surface area contributed by atoms with Crippen molar-refractivity contribution in [3.63, 3.8) is 0 Å². The zero-order valence-electron chi connectivity index (χ0n) is 11.5. The van der Waals surface area contributed by atoms with Crippen molar-refractivity contribution in [3.05, 3.63) is 16.5 Å². The van der Waals surface area contributed by atoms with E-state index in [2.05, 4.69) is 58.9 Å². The molecule has 0 fully saturated rings. The highest BCUT2D eigenvalue weighted by Crippen LogP contribution is 2.22. The highest BCUT2D eigenvalue weighted by Gasteiger charge is 2.17. The standard InChI is InChI=1S/C13H22BrN3O/c1-9(2)12-16-10(14)7-11(17-12)15-8-13(3,4)5-6-18/h7,9,18H,5-6,8H2,1-4H3,(H,15,16,17). The van der Waals surface area contributed by atoms with Gasteiger partial charge in [-0.05, 0) is 27.8 Å². The summed E-state index contributed by atoms with van der Waals surface area (Å²) in [6, 6.07) is 1.88. The van der Waals surface area contributed by atoms with Crippen LogP contribution in [-0.2, 0) is 0 Å². The van der Waals surface area contributed by atoms with Crippen molar-refractivity contribution in [3.8, 4) is 0 Å². The summed E-state index contributed by atoms with van der Waals surface area (Å²) in [4.78, 5) is 8.82. The largest absolute Gasteiger partial charge is 0.396 e. The number of aliphatic hydroxyl groups is 1. The van der Waals surface area contributed by atoms with Gasteiger partial charge in [0.25, 0.3) is 0 Å². The van der Waals surface area contributed by atoms with E-state index in [1.165, 1.54) is 0 Å². The third-order valence-electron chi connectivity index (χ3n) is 2.77. The van der Waals surface area contributed by atoms with Crippen molar-refractivity contribution in [2.24, 2.45) is 5.41 Å². The van der Waals surface area contributed by atoms with E-state index < -0.39 is 0 Å². The Labute approximate surface area is 117 Å². The lowest BCUT2D eigenvalue weighted by Gasteiger charge is -2.24. The van der Waals surface area contributed by atoms with E-state index >= 15 is 0 Å². The van der Waals surface area contributed by atoms with Gasteiger partial charge in [0.2, 0.25) is 0 Å². The fraction of sp³-hybridized carbons (Fsp3) is 0.692. The van der Waals surface area contributed by atoms with Crippen LogP contribution >= 0.6 is 15.9 Å². The SMILES string of the molecule is CC(C)c1nc(Br)cc(NCC(C)(C)CCO)n1. The number of halogens is 1. The summed E-state index contributed by atoms with van der Waals surface area (Å²) in [5.74, 6) is 1.95. The fourth-order valence-electron chi connectivity index (χ4n) is 1.50. The van der Waals surface area contributed by atoms with Crippen LogP contribution in [0, 0.1) is 5.41 Å². The predicted molar refractivity (Wildman–Crippen MR) is 77.8 cm³/mol. The third-order valence-corrected chi connectivity index (χ3v) is 3.17. The predicted octanol–water partition coefficient (Wildman–Crippen LogP) is 3.18. The molecule has 0 saturated heterocycles. The van der Waals surface area contributed by atoms with Crippen LogP contribution in [0.4, 0.5) is 5.82 Å². The van der Waals surface area contributed by atoms with Crippen LogP contribution in [0.25, 0.3) is 0 Å². The molecule has 1 heterocycles. The molecule has 0 aliphatic heterocycles. The van der Waals surface area contributed by atoms with Crippen LogP contribution in [-0.4, -0.2) is 28.2 Å². The summed E-state index contributed by atoms with van der Waals surface area (Å²) in [6.07, 6.45) is 0.767. The van der Waals surface area contributed by atoms with Crippen molar-refractivity contribution < 1.29 is 5.11 Å². The first-order chi connectivity index (χ1) is 8.34. The Kier molecular flexibility index (Phi) is 5.53. The summed E-state index contributed by atoms with van der Waals surface area (Å²) in [7, 11) is 0. The first kappa shape index (κ1) is 15.4. The lowest BCUT2D eigenvalue weighted by Crippen LogP contribution is -2.24. The maximum atomic E-state index is 9.00. The van der Waals surface area contributed by atoms with Gasteiger partial charge in [-0.1, -0.05) is 27.7 Å². The molecule has 1 rings (SSSR count). The maximum absolute atomic E-state index is 9.00. The van der Waals surface area contributed by atoms with Crippen molar-refractivity contribution in [2.75, 3.05) is 18.5 Å². The van der Waals surface area contributed by atoms with Gasteiger partial charge in [0, 0.05) is 25.1 Å². The highest BCUT2D eigenvalue weighted by molar-refractivity contribution is 9.10. The molecule has 0 atom stereocenters. The lowest BCUT2D eigenvalue weighted by atomic mass is 9.90. The molecular formula is C13H22BrN3O. The summed E-state index contributed by atoms with van der Waals surface area (Å²) >= 11 is 3.40. The molecule has 4 nitrogen and oxygen atoms in total. The van der Waals surface area contributed by atoms with Crippen LogP contribution in [0.2, 0.25) is 0 Å². The quantitative estimate of drug-likeness (QED) is 0.792. The molecule has 2 N–H and O–H groups in total. The molecule has 0 saturated carbocycles. The van der Waals surface area contributed by atoms with Crippen molar-refractivity contribution in [1.82, 2.24) is 9.97 Å². The van der Waals surface area contributed by atoms with Gasteiger partial charge in [-0.15, -0.1) is 0 Å². The topological polar surface area (TPSA) is 58.0 Å². The second-order valence-corrected chi connectivity index (χ2v) is 6.39. The smallest absolute Gasteiger partial charge is 0.134 e. The second kappa shape index (κ2) is 6.48. The molecule has 18 heavy (non-hydrogen) atoms. The van der Waals surface area contributed by atoms with E-state index in [1.54, 1.807) is 0 Å². The van der Waals surface area contributed by atoms with Gasteiger partial charge in [0.1, 0.15) is 16.2 Å². The van der Waals surface area contributed by atoms with Gasteiger partial charge in [-0.25, -0.2) is 9.97 Å². The zero-order valence-corrected chi connectivity index (χ0v) is 13.1. The van der Waals surface area contributed by atoms with Gasteiger partial charge in [-0.3, -0.25) is 0 Å². The monoisotopic (exact) mass is 315 g/mol. The van der Waals surface area contributed by atoms with E-state index in [0.717, 1.165) is 29.2 Å². The molecule has 0 bridgehead atoms. The molecule has 5 heteroatoms. The Hall–Kier alpha value is -0.680. The van der Waals surface area contributed by atoms with Crippen LogP contribution in [0.3, 0.4) is 0 Å². The minimum atomic E-state index is 0.0458. The Morgan fingerprint density at radius 1 is 1.39 bits per heavy atom. The van der Waals surface area contributed by atoms with Gasteiger partial charge in [0.05, 0.1) is 0 Å². The average Bonchev–Trinajstić information content (AvgIpc) is 2.26. The Balaban J connectivity index is 2.73. The maximum Gasteiger partial charge on any atom is 0.134 e. The van der Waals surface area contributed by atoms with Gasteiger partial charge in [-0.2, -0.15) is 0 Å². The van der Waals surface area contributed by atoms with E-state index in [1.807, 2.05) is 6.07 Å². The van der Waals surface area contributed by atoms with Crippen molar-refractivity contribution >= 4 is 21.7 Å². The third kappa shape index (κ3) is 4.90. The molecule has 102 valence electrons. The van der Waals surface area contributed by atoms with Crippen LogP contribution in [0.5, 0.6) is 0 Å². The molecule has 0 aliphatic carbocycles. The van der Waals surface area contributed by atoms with E-state index in [9.17, 15) is 0 Å². The molecule has 0 radical (unpaired) electrons. The van der Waals surface area contributed by atoms with Gasteiger partial charge >= 0.3 is 0 Å². The van der Waals surface area contributed by atoms with Crippen molar-refractivity contribution in [2.45, 2.75) is 40.0 Å². The van der Waals surface area contributed by atoms with Crippen LogP contribution < -0.4 is 5.32 Å². The lowest BCUT2D eigenvalue weighted by molar-refractivity contribution is 0.220. The molecule has 0 amide bonds. The Morgan fingerprint density at radius 2 is 2.06 bits per heavy atom. The molecule has 0 aliphatic rings. The van der Waals surface area contributed by atoms with Gasteiger partial charge < -0.3 is 10.4 Å². The number of hydrogen-bond donors (Lipinski definition) is 2. The van der Waals surface area contributed by atoms with Crippen LogP contribution in [0.1, 0.15) is 45.9 Å². The van der Waals surface area contributed by atoms with E-state index in [0.29, 0.717) is 5.92 Å². The van der Waals surface area contributed by atoms with Gasteiger partial charge in [0.15, 0.2) is 0 Å². The Morgan fingerprint density at radius 3 is 2.61 bits per heavy atom. The molecule has 0 spiro atoms. The number of aromatic nitrogens is 2. The van der Waals surface area contributed by atoms with Crippen LogP contribution in [0.15, 0.2) is 10.7 Å². The average molecular weight is 316 g/mol. The summed E-state index contributed by atoms with van der Waals surface area (Å²) < 4.78 is 0.795.